The van der Waals surface area contributed by atoms with Crippen LogP contribution in [0.1, 0.15) is 65.0 Å². The van der Waals surface area contributed by atoms with Crippen molar-refractivity contribution in [2.75, 3.05) is 19.0 Å². The average molecular weight is 432 g/mol. The Hall–Kier alpha value is -2.41. The van der Waals surface area contributed by atoms with Crippen LogP contribution < -0.4 is 10.6 Å². The van der Waals surface area contributed by atoms with Crippen molar-refractivity contribution in [2.45, 2.75) is 59.4 Å². The number of amides is 1. The van der Waals surface area contributed by atoms with Crippen LogP contribution in [0.15, 0.2) is 35.5 Å². The molecule has 1 aromatic rings. The van der Waals surface area contributed by atoms with Crippen molar-refractivity contribution < 1.29 is 14.3 Å². The molecule has 0 spiro atoms. The highest BCUT2D eigenvalue weighted by molar-refractivity contribution is 7.80. The highest BCUT2D eigenvalue weighted by atomic mass is 32.1. The molecule has 0 saturated heterocycles. The third kappa shape index (κ3) is 6.29. The van der Waals surface area contributed by atoms with Crippen LogP contribution in [0.3, 0.4) is 0 Å². The minimum atomic E-state index is -0.400. The summed E-state index contributed by atoms with van der Waals surface area (Å²) in [6, 6.07) is 7.10. The third-order valence-electron chi connectivity index (χ3n) is 5.06. The first-order chi connectivity index (χ1) is 14.2. The number of rotatable bonds is 9. The summed E-state index contributed by atoms with van der Waals surface area (Å²) in [4.78, 5) is 26.7. The lowest BCUT2D eigenvalue weighted by molar-refractivity contribution is -0.140. The van der Waals surface area contributed by atoms with Crippen molar-refractivity contribution in [3.8, 4) is 0 Å². The monoisotopic (exact) mass is 431 g/mol. The molecule has 0 saturated carbocycles. The molecule has 0 bridgehead atoms. The predicted octanol–water partition coefficient (Wildman–Crippen LogP) is 4.54. The number of carbonyl (C=O) groups excluding carboxylic acids is 2. The zero-order chi connectivity index (χ0) is 22.3. The van der Waals surface area contributed by atoms with Crippen molar-refractivity contribution in [1.29, 1.82) is 0 Å². The Morgan fingerprint density at radius 1 is 1.23 bits per heavy atom. The van der Waals surface area contributed by atoms with Gasteiger partial charge in [-0.3, -0.25) is 4.79 Å². The van der Waals surface area contributed by atoms with Gasteiger partial charge >= 0.3 is 5.97 Å². The smallest absolute Gasteiger partial charge is 0.338 e. The second-order valence-corrected chi connectivity index (χ2v) is 8.45. The minimum Gasteiger partial charge on any atom is -0.462 e. The molecule has 2 N–H and O–H groups in total. The molecule has 1 heterocycles. The fourth-order valence-corrected chi connectivity index (χ4v) is 3.44. The lowest BCUT2D eigenvalue weighted by Crippen LogP contribution is -2.46. The molecule has 0 fully saturated rings. The predicted molar refractivity (Wildman–Crippen MR) is 124 cm³/mol. The van der Waals surface area contributed by atoms with Gasteiger partial charge in [0.2, 0.25) is 5.91 Å². The molecular formula is C23H33N3O3S. The van der Waals surface area contributed by atoms with Crippen LogP contribution in [0.25, 0.3) is 0 Å². The molecule has 0 radical (unpaired) electrons. The van der Waals surface area contributed by atoms with Crippen LogP contribution >= 0.6 is 12.2 Å². The number of unbranched alkanes of at least 4 members (excludes halogenated alkanes) is 2. The molecule has 1 atom stereocenters. The van der Waals surface area contributed by atoms with Crippen molar-refractivity contribution in [1.82, 2.24) is 10.2 Å². The van der Waals surface area contributed by atoms with Gasteiger partial charge in [-0.2, -0.15) is 0 Å². The topological polar surface area (TPSA) is 70.7 Å². The maximum absolute atomic E-state index is 12.8. The van der Waals surface area contributed by atoms with Crippen LogP contribution in [0.5, 0.6) is 0 Å². The van der Waals surface area contributed by atoms with E-state index < -0.39 is 6.04 Å². The van der Waals surface area contributed by atoms with E-state index in [1.807, 2.05) is 52.1 Å². The minimum absolute atomic E-state index is 0.0171. The summed E-state index contributed by atoms with van der Waals surface area (Å²) in [5, 5.41) is 6.71. The van der Waals surface area contributed by atoms with E-state index in [1.54, 1.807) is 4.90 Å². The Bertz CT molecular complexity index is 802. The van der Waals surface area contributed by atoms with Crippen LogP contribution in [0, 0.1) is 5.92 Å². The second-order valence-electron chi connectivity index (χ2n) is 8.06. The number of ether oxygens (including phenoxy) is 1. The molecule has 1 aliphatic heterocycles. The van der Waals surface area contributed by atoms with Gasteiger partial charge in [-0.05, 0) is 49.2 Å². The fraction of sp³-hybridized carbons (Fsp3) is 0.522. The van der Waals surface area contributed by atoms with Gasteiger partial charge in [-0.25, -0.2) is 4.79 Å². The molecule has 7 heteroatoms. The summed E-state index contributed by atoms with van der Waals surface area (Å²) >= 11 is 5.43. The Labute approximate surface area is 185 Å². The number of carbonyl (C=O) groups is 2. The number of nitrogens with zero attached hydrogens (tertiary/aromatic N) is 1. The van der Waals surface area contributed by atoms with Crippen LogP contribution in [-0.4, -0.2) is 35.5 Å². The quantitative estimate of drug-likeness (QED) is 0.340. The van der Waals surface area contributed by atoms with Gasteiger partial charge in [0.25, 0.3) is 0 Å². The molecule has 0 aliphatic carbocycles. The summed E-state index contributed by atoms with van der Waals surface area (Å²) in [6.07, 6.45) is 3.55. The number of esters is 1. The third-order valence-corrected chi connectivity index (χ3v) is 5.45. The lowest BCUT2D eigenvalue weighted by Gasteiger charge is -2.35. The van der Waals surface area contributed by atoms with E-state index in [0.717, 1.165) is 36.2 Å². The number of nitrogens with one attached hydrogen (secondary N) is 2. The van der Waals surface area contributed by atoms with Crippen molar-refractivity contribution in [2.24, 2.45) is 5.92 Å². The molecule has 6 nitrogen and oxygen atoms in total. The Morgan fingerprint density at radius 2 is 1.90 bits per heavy atom. The zero-order valence-corrected chi connectivity index (χ0v) is 19.4. The first-order valence-corrected chi connectivity index (χ1v) is 11.0. The van der Waals surface area contributed by atoms with Crippen molar-refractivity contribution in [3.05, 3.63) is 41.1 Å². The molecule has 1 aliphatic rings. The molecule has 1 aromatic carbocycles. The first kappa shape index (κ1) is 23.9. The van der Waals surface area contributed by atoms with Gasteiger partial charge in [0.1, 0.15) is 0 Å². The molecule has 0 unspecified atom stereocenters. The standard InChI is InChI=1S/C23H33N3O3S/c1-6-7-8-9-19(27)24-18-12-10-17(11-13-18)21-20(22(28)29-14-15(2)3)16(4)26(5)23(30)25-21/h10-13,15,21H,6-9,14H2,1-5H3,(H,24,27)(H,25,30)/t21-/m0/s1. The van der Waals surface area contributed by atoms with Crippen LogP contribution in [-0.2, 0) is 14.3 Å². The van der Waals surface area contributed by atoms with E-state index in [0.29, 0.717) is 23.7 Å². The maximum Gasteiger partial charge on any atom is 0.338 e. The van der Waals surface area contributed by atoms with Crippen LogP contribution in [0.2, 0.25) is 0 Å². The van der Waals surface area contributed by atoms with Gasteiger partial charge in [0, 0.05) is 24.9 Å². The number of anilines is 1. The Morgan fingerprint density at radius 3 is 2.50 bits per heavy atom. The fourth-order valence-electron chi connectivity index (χ4n) is 3.19. The van der Waals surface area contributed by atoms with E-state index in [1.165, 1.54) is 0 Å². The number of thiocarbonyl (C=S) groups is 1. The normalized spacial score (nSPS) is 16.5. The highest BCUT2D eigenvalue weighted by Gasteiger charge is 2.33. The van der Waals surface area contributed by atoms with Gasteiger partial charge in [-0.15, -0.1) is 0 Å². The first-order valence-electron chi connectivity index (χ1n) is 10.6. The van der Waals surface area contributed by atoms with E-state index in [4.69, 9.17) is 17.0 Å². The van der Waals surface area contributed by atoms with Gasteiger partial charge in [-0.1, -0.05) is 45.7 Å². The number of hydrogen-bond acceptors (Lipinski definition) is 4. The Kier molecular flexibility index (Phi) is 8.84. The maximum atomic E-state index is 12.8. The van der Waals surface area contributed by atoms with E-state index >= 15 is 0 Å². The molecule has 30 heavy (non-hydrogen) atoms. The molecular weight excluding hydrogens is 398 g/mol. The van der Waals surface area contributed by atoms with Crippen molar-refractivity contribution >= 4 is 34.9 Å². The summed E-state index contributed by atoms with van der Waals surface area (Å²) in [6.45, 7) is 8.35. The lowest BCUT2D eigenvalue weighted by atomic mass is 9.95. The average Bonchev–Trinajstić information content (AvgIpc) is 2.70. The molecule has 0 aromatic heterocycles. The Balaban J connectivity index is 2.19. The van der Waals surface area contributed by atoms with Gasteiger partial charge < -0.3 is 20.3 Å². The SMILES string of the molecule is CCCCCC(=O)Nc1ccc([C@@H]2NC(=S)N(C)C(C)=C2C(=O)OCC(C)C)cc1. The van der Waals surface area contributed by atoms with Gasteiger partial charge in [0.15, 0.2) is 5.11 Å². The number of allylic oxidation sites excluding steroid dienone is 1. The van der Waals surface area contributed by atoms with Crippen molar-refractivity contribution in [3.63, 3.8) is 0 Å². The van der Waals surface area contributed by atoms with E-state index in [-0.39, 0.29) is 17.8 Å². The molecule has 1 amide bonds. The second kappa shape index (κ2) is 11.1. The largest absolute Gasteiger partial charge is 0.462 e. The highest BCUT2D eigenvalue weighted by Crippen LogP contribution is 2.31. The summed E-state index contributed by atoms with van der Waals surface area (Å²) < 4.78 is 5.51. The van der Waals surface area contributed by atoms with E-state index in [9.17, 15) is 9.59 Å². The zero-order valence-electron chi connectivity index (χ0n) is 18.6. The summed E-state index contributed by atoms with van der Waals surface area (Å²) in [5.41, 5.74) is 2.93. The van der Waals surface area contributed by atoms with Gasteiger partial charge in [0.05, 0.1) is 18.2 Å². The van der Waals surface area contributed by atoms with E-state index in [2.05, 4.69) is 17.6 Å². The van der Waals surface area contributed by atoms with Crippen LogP contribution in [0.4, 0.5) is 5.69 Å². The molecule has 2 rings (SSSR count). The number of benzene rings is 1. The summed E-state index contributed by atoms with van der Waals surface area (Å²) in [7, 11) is 1.83. The number of hydrogen-bond donors (Lipinski definition) is 2. The summed E-state index contributed by atoms with van der Waals surface area (Å²) in [5.74, 6) is -0.0753. The molecule has 164 valence electrons.